The average molecular weight is 323 g/mol. The number of hydrogen-bond donors (Lipinski definition) is 0. The molecule has 2 aliphatic rings. The first-order valence-electron chi connectivity index (χ1n) is 8.41. The number of guanidine groups is 1. The van der Waals surface area contributed by atoms with Crippen molar-refractivity contribution in [1.29, 1.82) is 0 Å². The summed E-state index contributed by atoms with van der Waals surface area (Å²) in [7, 11) is 1.80. The van der Waals surface area contributed by atoms with Crippen LogP contribution in [0.5, 0.6) is 0 Å². The predicted molar refractivity (Wildman–Crippen MR) is 93.3 cm³/mol. The molecule has 0 saturated heterocycles. The van der Waals surface area contributed by atoms with Crippen LogP contribution < -0.4 is 4.90 Å². The topological polar surface area (TPSA) is 53.7 Å². The third-order valence-corrected chi connectivity index (χ3v) is 4.63. The summed E-state index contributed by atoms with van der Waals surface area (Å²) in [5.41, 5.74) is 1.80. The highest BCUT2D eigenvalue weighted by Gasteiger charge is 2.41. The quantitative estimate of drug-likeness (QED) is 0.868. The van der Waals surface area contributed by atoms with Crippen LogP contribution in [0, 0.1) is 0 Å². The van der Waals surface area contributed by atoms with Crippen molar-refractivity contribution in [3.63, 3.8) is 0 Å². The molecular weight excluding hydrogens is 302 g/mol. The molecule has 0 saturated carbocycles. The van der Waals surface area contributed by atoms with Crippen LogP contribution in [-0.2, 0) is 6.54 Å². The number of aliphatic imine (C=N–C) groups is 1. The van der Waals surface area contributed by atoms with Crippen molar-refractivity contribution >= 4 is 17.7 Å². The molecule has 2 aromatic rings. The van der Waals surface area contributed by atoms with Gasteiger partial charge in [0, 0.05) is 13.6 Å². The number of amides is 1. The summed E-state index contributed by atoms with van der Waals surface area (Å²) in [4.78, 5) is 25.8. The molecule has 3 heterocycles. The van der Waals surface area contributed by atoms with E-state index in [1.807, 2.05) is 22.8 Å². The number of hydrogen-bond acceptors (Lipinski definition) is 4. The summed E-state index contributed by atoms with van der Waals surface area (Å²) in [5, 5.41) is 0. The van der Waals surface area contributed by atoms with Crippen molar-refractivity contribution in [1.82, 2.24) is 14.5 Å². The van der Waals surface area contributed by atoms with E-state index >= 15 is 0 Å². The number of fused-ring (bicyclic) bond motifs is 3. The second kappa shape index (κ2) is 5.78. The van der Waals surface area contributed by atoms with Crippen molar-refractivity contribution in [2.75, 3.05) is 18.5 Å². The first kappa shape index (κ1) is 14.9. The van der Waals surface area contributed by atoms with Gasteiger partial charge in [0.05, 0.1) is 18.9 Å². The monoisotopic (exact) mass is 323 g/mol. The molecule has 24 heavy (non-hydrogen) atoms. The maximum atomic E-state index is 12.9. The Morgan fingerprint density at radius 2 is 2.04 bits per heavy atom. The van der Waals surface area contributed by atoms with Crippen LogP contribution in [0.25, 0.3) is 0 Å². The van der Waals surface area contributed by atoms with Crippen molar-refractivity contribution in [3.8, 4) is 0 Å². The highest BCUT2D eigenvalue weighted by atomic mass is 16.2. The largest absolute Gasteiger partial charge is 0.320 e. The van der Waals surface area contributed by atoms with Gasteiger partial charge in [0.1, 0.15) is 0 Å². The number of carbonyl (C=O) groups excluding carboxylic acids is 1. The second-order valence-electron chi connectivity index (χ2n) is 6.38. The zero-order valence-electron chi connectivity index (χ0n) is 14.0. The molecule has 0 radical (unpaired) electrons. The van der Waals surface area contributed by atoms with Crippen molar-refractivity contribution in [2.45, 2.75) is 32.4 Å². The molecule has 1 amide bonds. The minimum absolute atomic E-state index is 0.0365. The first-order chi connectivity index (χ1) is 11.7. The summed E-state index contributed by atoms with van der Waals surface area (Å²) in [5.74, 6) is 1.44. The number of anilines is 1. The maximum Gasteiger partial charge on any atom is 0.280 e. The normalized spacial score (nSPS) is 19.3. The van der Waals surface area contributed by atoms with Crippen molar-refractivity contribution in [2.24, 2.45) is 4.99 Å². The number of carbonyl (C=O) groups is 1. The maximum absolute atomic E-state index is 12.9. The molecule has 0 aliphatic carbocycles. The summed E-state index contributed by atoms with van der Waals surface area (Å²) in [6, 6.07) is 10.4. The SMILES string of the molecule is CCC[C@@H]1CN2C(=N1)N(C)C(=O)c1c2ncn1Cc1ccccc1. The summed E-state index contributed by atoms with van der Waals surface area (Å²) < 4.78 is 1.94. The zero-order chi connectivity index (χ0) is 16.7. The fourth-order valence-electron chi connectivity index (χ4n) is 3.44. The summed E-state index contributed by atoms with van der Waals surface area (Å²) in [6.07, 6.45) is 3.88. The highest BCUT2D eigenvalue weighted by molar-refractivity contribution is 6.17. The lowest BCUT2D eigenvalue weighted by Crippen LogP contribution is -2.48. The van der Waals surface area contributed by atoms with Gasteiger partial charge in [-0.2, -0.15) is 0 Å². The smallest absolute Gasteiger partial charge is 0.280 e. The van der Waals surface area contributed by atoms with Gasteiger partial charge in [0.25, 0.3) is 5.91 Å². The Hall–Kier alpha value is -2.63. The van der Waals surface area contributed by atoms with E-state index in [1.165, 1.54) is 0 Å². The van der Waals surface area contributed by atoms with Gasteiger partial charge >= 0.3 is 0 Å². The van der Waals surface area contributed by atoms with E-state index in [9.17, 15) is 4.79 Å². The molecule has 1 aromatic heterocycles. The molecule has 124 valence electrons. The fourth-order valence-corrected chi connectivity index (χ4v) is 3.44. The molecule has 6 nitrogen and oxygen atoms in total. The number of benzene rings is 1. The van der Waals surface area contributed by atoms with Crippen LogP contribution in [-0.4, -0.2) is 46.0 Å². The standard InChI is InChI=1S/C18H21N5O/c1-3-7-14-11-23-16-15(17(24)21(2)18(23)20-14)22(12-19-16)10-13-8-5-4-6-9-13/h4-6,8-9,12,14H,3,7,10-11H2,1-2H3/t14-/m1/s1. The number of imidazole rings is 1. The number of aromatic nitrogens is 2. The van der Waals surface area contributed by atoms with Crippen molar-refractivity contribution in [3.05, 3.63) is 47.9 Å². The lowest BCUT2D eigenvalue weighted by atomic mass is 10.2. The van der Waals surface area contributed by atoms with Gasteiger partial charge in [-0.05, 0) is 12.0 Å². The molecule has 0 N–H and O–H groups in total. The van der Waals surface area contributed by atoms with Gasteiger partial charge in [-0.25, -0.2) is 9.98 Å². The Morgan fingerprint density at radius 1 is 1.25 bits per heavy atom. The molecular formula is C18H21N5O. The molecule has 2 aliphatic heterocycles. The Balaban J connectivity index is 1.70. The Bertz CT molecular complexity index is 795. The van der Waals surface area contributed by atoms with Gasteiger partial charge in [-0.1, -0.05) is 43.7 Å². The Labute approximate surface area is 141 Å². The second-order valence-corrected chi connectivity index (χ2v) is 6.38. The van der Waals surface area contributed by atoms with Gasteiger partial charge < -0.3 is 4.57 Å². The van der Waals surface area contributed by atoms with E-state index in [1.54, 1.807) is 18.3 Å². The molecule has 1 atom stereocenters. The van der Waals surface area contributed by atoms with E-state index in [0.717, 1.165) is 36.7 Å². The van der Waals surface area contributed by atoms with Crippen LogP contribution in [0.4, 0.5) is 5.82 Å². The third kappa shape index (κ3) is 2.29. The molecule has 0 unspecified atom stereocenters. The van der Waals surface area contributed by atoms with E-state index < -0.39 is 0 Å². The van der Waals surface area contributed by atoms with Crippen LogP contribution >= 0.6 is 0 Å². The Kier molecular flexibility index (Phi) is 3.59. The lowest BCUT2D eigenvalue weighted by Gasteiger charge is -2.31. The molecule has 6 heteroatoms. The molecule has 0 spiro atoms. The third-order valence-electron chi connectivity index (χ3n) is 4.63. The van der Waals surface area contributed by atoms with Crippen LogP contribution in [0.2, 0.25) is 0 Å². The van der Waals surface area contributed by atoms with Gasteiger partial charge in [-0.15, -0.1) is 0 Å². The predicted octanol–water partition coefficient (Wildman–Crippen LogP) is 2.36. The van der Waals surface area contributed by atoms with Gasteiger partial charge in [0.2, 0.25) is 5.96 Å². The van der Waals surface area contributed by atoms with E-state index in [0.29, 0.717) is 12.2 Å². The van der Waals surface area contributed by atoms with E-state index in [4.69, 9.17) is 4.99 Å². The minimum atomic E-state index is -0.0365. The van der Waals surface area contributed by atoms with Crippen LogP contribution in [0.1, 0.15) is 35.8 Å². The fraction of sp³-hybridized carbons (Fsp3) is 0.389. The van der Waals surface area contributed by atoms with Gasteiger partial charge in [-0.3, -0.25) is 14.6 Å². The molecule has 4 rings (SSSR count). The van der Waals surface area contributed by atoms with E-state index in [-0.39, 0.29) is 11.9 Å². The summed E-state index contributed by atoms with van der Waals surface area (Å²) in [6.45, 7) is 3.60. The Morgan fingerprint density at radius 3 is 2.79 bits per heavy atom. The first-order valence-corrected chi connectivity index (χ1v) is 8.41. The van der Waals surface area contributed by atoms with Gasteiger partial charge in [0.15, 0.2) is 11.5 Å². The van der Waals surface area contributed by atoms with Crippen molar-refractivity contribution < 1.29 is 4.79 Å². The lowest BCUT2D eigenvalue weighted by molar-refractivity contribution is 0.0855. The number of rotatable bonds is 4. The minimum Gasteiger partial charge on any atom is -0.320 e. The summed E-state index contributed by atoms with van der Waals surface area (Å²) >= 11 is 0. The average Bonchev–Trinajstić information content (AvgIpc) is 3.18. The molecule has 0 bridgehead atoms. The van der Waals surface area contributed by atoms with Crippen LogP contribution in [0.15, 0.2) is 41.7 Å². The zero-order valence-corrected chi connectivity index (χ0v) is 14.0. The van der Waals surface area contributed by atoms with E-state index in [2.05, 4.69) is 28.9 Å². The number of nitrogens with zero attached hydrogens (tertiary/aromatic N) is 5. The molecule has 1 aromatic carbocycles. The molecule has 0 fully saturated rings. The van der Waals surface area contributed by atoms with Crippen LogP contribution in [0.3, 0.4) is 0 Å². The highest BCUT2D eigenvalue weighted by Crippen LogP contribution is 2.31.